The first-order valence-electron chi connectivity index (χ1n) is 9.70. The van der Waals surface area contributed by atoms with Gasteiger partial charge in [0.05, 0.1) is 6.61 Å². The third-order valence-electron chi connectivity index (χ3n) is 4.90. The van der Waals surface area contributed by atoms with Gasteiger partial charge in [0.25, 0.3) is 0 Å². The molecule has 0 spiro atoms. The second kappa shape index (κ2) is 10.3. The van der Waals surface area contributed by atoms with E-state index >= 15 is 0 Å². The van der Waals surface area contributed by atoms with Crippen LogP contribution in [-0.4, -0.2) is 43.3 Å². The first-order chi connectivity index (χ1) is 13.6. The number of hydrogen-bond donors (Lipinski definition) is 1. The lowest BCUT2D eigenvalue weighted by Gasteiger charge is -2.20. The predicted molar refractivity (Wildman–Crippen MR) is 111 cm³/mol. The Kier molecular flexibility index (Phi) is 7.57. The van der Waals surface area contributed by atoms with Crippen molar-refractivity contribution < 1.29 is 14.3 Å². The Morgan fingerprint density at radius 3 is 2.86 bits per heavy atom. The Balaban J connectivity index is 1.40. The molecule has 1 unspecified atom stereocenters. The molecular formula is C22H27ClN2O3. The molecule has 6 heteroatoms. The number of ether oxygens (including phenoxy) is 2. The zero-order valence-corrected chi connectivity index (χ0v) is 17.0. The summed E-state index contributed by atoms with van der Waals surface area (Å²) in [4.78, 5) is 14.1. The molecule has 3 rings (SSSR count). The summed E-state index contributed by atoms with van der Waals surface area (Å²) >= 11 is 6.03. The molecule has 0 radical (unpaired) electrons. The maximum atomic E-state index is 12.3. The second-order valence-electron chi connectivity index (χ2n) is 7.01. The standard InChI is InChI=1S/C22H27ClN2O3/c1-17-7-8-19(23)15-21(17)27-14-10-20-9-12-25(13-11-24-20)22(26)28-16-18-5-3-2-4-6-18/h2-8,15,20,24H,9-14,16H2,1H3. The van der Waals surface area contributed by atoms with Crippen LogP contribution in [-0.2, 0) is 11.3 Å². The minimum atomic E-state index is -0.253. The van der Waals surface area contributed by atoms with Crippen LogP contribution in [0, 0.1) is 6.92 Å². The summed E-state index contributed by atoms with van der Waals surface area (Å²) < 4.78 is 11.3. The molecular weight excluding hydrogens is 376 g/mol. The van der Waals surface area contributed by atoms with Crippen LogP contribution in [0.1, 0.15) is 24.0 Å². The van der Waals surface area contributed by atoms with Crippen LogP contribution >= 0.6 is 11.6 Å². The summed E-state index contributed by atoms with van der Waals surface area (Å²) in [6.45, 7) is 5.01. The molecule has 1 heterocycles. The monoisotopic (exact) mass is 402 g/mol. The zero-order chi connectivity index (χ0) is 19.8. The van der Waals surface area contributed by atoms with Crippen molar-refractivity contribution in [1.29, 1.82) is 0 Å². The highest BCUT2D eigenvalue weighted by atomic mass is 35.5. The van der Waals surface area contributed by atoms with Gasteiger partial charge in [-0.15, -0.1) is 0 Å². The molecule has 5 nitrogen and oxygen atoms in total. The zero-order valence-electron chi connectivity index (χ0n) is 16.2. The highest BCUT2D eigenvalue weighted by molar-refractivity contribution is 6.30. The highest BCUT2D eigenvalue weighted by Gasteiger charge is 2.21. The lowest BCUT2D eigenvalue weighted by atomic mass is 10.1. The van der Waals surface area contributed by atoms with E-state index in [-0.39, 0.29) is 6.09 Å². The van der Waals surface area contributed by atoms with Gasteiger partial charge in [0, 0.05) is 30.7 Å². The van der Waals surface area contributed by atoms with E-state index < -0.39 is 0 Å². The van der Waals surface area contributed by atoms with Gasteiger partial charge in [0.2, 0.25) is 0 Å². The van der Waals surface area contributed by atoms with Gasteiger partial charge in [-0.1, -0.05) is 48.0 Å². The number of benzene rings is 2. The van der Waals surface area contributed by atoms with Crippen LogP contribution in [0.25, 0.3) is 0 Å². The molecule has 28 heavy (non-hydrogen) atoms. The Bertz CT molecular complexity index is 770. The minimum absolute atomic E-state index is 0.253. The first kappa shape index (κ1) is 20.5. The molecule has 1 atom stereocenters. The lowest BCUT2D eigenvalue weighted by Crippen LogP contribution is -2.34. The predicted octanol–water partition coefficient (Wildman–Crippen LogP) is 4.42. The highest BCUT2D eigenvalue weighted by Crippen LogP contribution is 2.22. The topological polar surface area (TPSA) is 50.8 Å². The van der Waals surface area contributed by atoms with E-state index in [2.05, 4.69) is 5.32 Å². The van der Waals surface area contributed by atoms with E-state index in [0.717, 1.165) is 36.3 Å². The van der Waals surface area contributed by atoms with Crippen LogP contribution in [0.15, 0.2) is 48.5 Å². The summed E-state index contributed by atoms with van der Waals surface area (Å²) in [5, 5.41) is 4.18. The average molecular weight is 403 g/mol. The van der Waals surface area contributed by atoms with E-state index in [1.165, 1.54) is 0 Å². The lowest BCUT2D eigenvalue weighted by molar-refractivity contribution is 0.0982. The number of aryl methyl sites for hydroxylation is 1. The summed E-state index contributed by atoms with van der Waals surface area (Å²) in [5.41, 5.74) is 2.07. The minimum Gasteiger partial charge on any atom is -0.493 e. The SMILES string of the molecule is Cc1ccc(Cl)cc1OCCC1CCN(C(=O)OCc2ccccc2)CCN1. The molecule has 1 saturated heterocycles. The largest absolute Gasteiger partial charge is 0.493 e. The van der Waals surface area contributed by atoms with Gasteiger partial charge in [-0.25, -0.2) is 4.79 Å². The fraction of sp³-hybridized carbons (Fsp3) is 0.409. The normalized spacial score (nSPS) is 17.1. The van der Waals surface area contributed by atoms with E-state index in [1.54, 1.807) is 4.90 Å². The molecule has 1 N–H and O–H groups in total. The van der Waals surface area contributed by atoms with Crippen LogP contribution in [0.5, 0.6) is 5.75 Å². The molecule has 1 amide bonds. The third-order valence-corrected chi connectivity index (χ3v) is 5.13. The smallest absolute Gasteiger partial charge is 0.410 e. The quantitative estimate of drug-likeness (QED) is 0.777. The van der Waals surface area contributed by atoms with Gasteiger partial charge >= 0.3 is 6.09 Å². The van der Waals surface area contributed by atoms with Gasteiger partial charge in [-0.3, -0.25) is 0 Å². The number of carbonyl (C=O) groups is 1. The van der Waals surface area contributed by atoms with Crippen molar-refractivity contribution in [3.8, 4) is 5.75 Å². The van der Waals surface area contributed by atoms with Crippen LogP contribution < -0.4 is 10.1 Å². The molecule has 0 aliphatic carbocycles. The van der Waals surface area contributed by atoms with Gasteiger partial charge in [-0.2, -0.15) is 0 Å². The third kappa shape index (κ3) is 6.14. The Hall–Kier alpha value is -2.24. The number of rotatable bonds is 6. The average Bonchev–Trinajstić information content (AvgIpc) is 2.95. The Morgan fingerprint density at radius 1 is 1.21 bits per heavy atom. The molecule has 1 fully saturated rings. The molecule has 0 bridgehead atoms. The number of halogens is 1. The van der Waals surface area contributed by atoms with E-state index in [1.807, 2.05) is 55.5 Å². The van der Waals surface area contributed by atoms with Crippen molar-refractivity contribution >= 4 is 17.7 Å². The van der Waals surface area contributed by atoms with Gasteiger partial charge in [-0.05, 0) is 43.0 Å². The van der Waals surface area contributed by atoms with Crippen molar-refractivity contribution in [2.45, 2.75) is 32.4 Å². The number of hydrogen-bond acceptors (Lipinski definition) is 4. The molecule has 2 aromatic rings. The number of amides is 1. The molecule has 2 aromatic carbocycles. The second-order valence-corrected chi connectivity index (χ2v) is 7.45. The van der Waals surface area contributed by atoms with E-state index in [0.29, 0.717) is 37.4 Å². The molecule has 1 aliphatic rings. The maximum Gasteiger partial charge on any atom is 0.410 e. The maximum absolute atomic E-state index is 12.3. The number of nitrogens with zero attached hydrogens (tertiary/aromatic N) is 1. The fourth-order valence-corrected chi connectivity index (χ4v) is 3.37. The molecule has 0 saturated carbocycles. The Labute approximate surface area is 171 Å². The van der Waals surface area contributed by atoms with Crippen molar-refractivity contribution in [3.05, 3.63) is 64.7 Å². The van der Waals surface area contributed by atoms with E-state index in [9.17, 15) is 4.79 Å². The van der Waals surface area contributed by atoms with Crippen LogP contribution in [0.2, 0.25) is 5.02 Å². The van der Waals surface area contributed by atoms with Crippen molar-refractivity contribution in [3.63, 3.8) is 0 Å². The van der Waals surface area contributed by atoms with Gasteiger partial charge in [0.15, 0.2) is 0 Å². The fourth-order valence-electron chi connectivity index (χ4n) is 3.21. The number of carbonyl (C=O) groups excluding carboxylic acids is 1. The van der Waals surface area contributed by atoms with Crippen molar-refractivity contribution in [2.24, 2.45) is 0 Å². The number of nitrogens with one attached hydrogen (secondary N) is 1. The van der Waals surface area contributed by atoms with Crippen molar-refractivity contribution in [2.75, 3.05) is 26.2 Å². The summed E-state index contributed by atoms with van der Waals surface area (Å²) in [6, 6.07) is 15.7. The molecule has 1 aliphatic heterocycles. The molecule has 150 valence electrons. The van der Waals surface area contributed by atoms with Crippen LogP contribution in [0.3, 0.4) is 0 Å². The van der Waals surface area contributed by atoms with Gasteiger partial charge in [0.1, 0.15) is 12.4 Å². The summed E-state index contributed by atoms with van der Waals surface area (Å²) in [6.07, 6.45) is 1.49. The van der Waals surface area contributed by atoms with Gasteiger partial charge < -0.3 is 19.7 Å². The summed E-state index contributed by atoms with van der Waals surface area (Å²) in [7, 11) is 0. The van der Waals surface area contributed by atoms with Crippen LogP contribution in [0.4, 0.5) is 4.79 Å². The molecule has 0 aromatic heterocycles. The first-order valence-corrected chi connectivity index (χ1v) is 10.1. The van der Waals surface area contributed by atoms with E-state index in [4.69, 9.17) is 21.1 Å². The summed E-state index contributed by atoms with van der Waals surface area (Å²) in [5.74, 6) is 0.826. The Morgan fingerprint density at radius 2 is 2.04 bits per heavy atom. The van der Waals surface area contributed by atoms with Crippen molar-refractivity contribution in [1.82, 2.24) is 10.2 Å².